The van der Waals surface area contributed by atoms with Gasteiger partial charge >= 0.3 is 0 Å². The molecule has 2 aromatic carbocycles. The molecule has 4 nitrogen and oxygen atoms in total. The lowest BCUT2D eigenvalue weighted by molar-refractivity contribution is -0.110. The Morgan fingerprint density at radius 1 is 1.27 bits per heavy atom. The Balaban J connectivity index is 1.53. The van der Waals surface area contributed by atoms with Gasteiger partial charge in [0.15, 0.2) is 0 Å². The van der Waals surface area contributed by atoms with Crippen molar-refractivity contribution in [2.24, 2.45) is 5.92 Å². The largest absolute Gasteiger partial charge is 0.369 e. The summed E-state index contributed by atoms with van der Waals surface area (Å²) in [7, 11) is 0. The molecule has 26 heavy (non-hydrogen) atoms. The first kappa shape index (κ1) is 16.6. The number of piperidine rings is 1. The van der Waals surface area contributed by atoms with E-state index in [9.17, 15) is 9.18 Å². The molecule has 0 bridgehead atoms. The summed E-state index contributed by atoms with van der Waals surface area (Å²) < 4.78 is 14.6. The molecule has 4 rings (SSSR count). The Morgan fingerprint density at radius 2 is 2.12 bits per heavy atom. The average molecular weight is 351 g/mol. The number of nitrogens with one attached hydrogen (secondary N) is 2. The van der Waals surface area contributed by atoms with E-state index in [0.717, 1.165) is 30.8 Å². The van der Waals surface area contributed by atoms with Crippen LogP contribution in [0.15, 0.2) is 48.7 Å². The van der Waals surface area contributed by atoms with Crippen LogP contribution in [-0.4, -0.2) is 19.0 Å². The van der Waals surface area contributed by atoms with Crippen LogP contribution in [0.1, 0.15) is 25.3 Å². The summed E-state index contributed by atoms with van der Waals surface area (Å²) in [6.07, 6.45) is 3.94. The van der Waals surface area contributed by atoms with Crippen molar-refractivity contribution in [3.63, 3.8) is 0 Å². The second-order valence-electron chi connectivity index (χ2n) is 7.06. The van der Waals surface area contributed by atoms with Crippen LogP contribution in [-0.2, 0) is 4.79 Å². The second-order valence-corrected chi connectivity index (χ2v) is 7.06. The van der Waals surface area contributed by atoms with Crippen molar-refractivity contribution < 1.29 is 9.18 Å². The third kappa shape index (κ3) is 3.17. The van der Waals surface area contributed by atoms with Gasteiger partial charge in [-0.2, -0.15) is 0 Å². The van der Waals surface area contributed by atoms with Crippen LogP contribution >= 0.6 is 0 Å². The summed E-state index contributed by atoms with van der Waals surface area (Å²) in [5.74, 6) is 0.198. The van der Waals surface area contributed by atoms with E-state index in [2.05, 4.69) is 22.5 Å². The van der Waals surface area contributed by atoms with Crippen LogP contribution in [0.3, 0.4) is 0 Å². The van der Waals surface area contributed by atoms with Crippen molar-refractivity contribution in [1.82, 2.24) is 0 Å². The molecule has 0 aromatic heterocycles. The highest BCUT2D eigenvalue weighted by molar-refractivity contribution is 6.31. The number of carbonyl (C=O) groups is 1. The molecule has 1 amide bonds. The number of benzene rings is 2. The lowest BCUT2D eigenvalue weighted by atomic mass is 9.99. The van der Waals surface area contributed by atoms with Gasteiger partial charge in [0.2, 0.25) is 0 Å². The molecular formula is C21H22FN3O. The number of carbonyl (C=O) groups excluding carboxylic acids is 1. The molecule has 1 fully saturated rings. The van der Waals surface area contributed by atoms with E-state index in [1.165, 1.54) is 12.5 Å². The standard InChI is InChI=1S/C21H22FN3O/c1-14-5-4-10-25(13-14)20-9-8-15(11-18(20)22)23-12-17-16-6-2-3-7-19(16)24-21(17)26/h2-3,6-9,11-12,14,23H,4-5,10,13H2,1H3,(H,24,26). The molecule has 2 aliphatic heterocycles. The van der Waals surface area contributed by atoms with Gasteiger partial charge in [0.25, 0.3) is 5.91 Å². The highest BCUT2D eigenvalue weighted by Gasteiger charge is 2.23. The van der Waals surface area contributed by atoms with Gasteiger partial charge in [-0.3, -0.25) is 4.79 Å². The molecule has 1 saturated heterocycles. The number of fused-ring (bicyclic) bond motifs is 1. The Morgan fingerprint density at radius 3 is 2.92 bits per heavy atom. The quantitative estimate of drug-likeness (QED) is 0.802. The number of amides is 1. The van der Waals surface area contributed by atoms with Gasteiger partial charge in [-0.15, -0.1) is 0 Å². The fourth-order valence-corrected chi connectivity index (χ4v) is 3.70. The summed E-state index contributed by atoms with van der Waals surface area (Å²) in [6, 6.07) is 12.7. The molecule has 1 unspecified atom stereocenters. The molecule has 2 heterocycles. The van der Waals surface area contributed by atoms with Crippen molar-refractivity contribution in [3.8, 4) is 0 Å². The van der Waals surface area contributed by atoms with E-state index in [4.69, 9.17) is 0 Å². The predicted molar refractivity (Wildman–Crippen MR) is 104 cm³/mol. The Labute approximate surface area is 152 Å². The van der Waals surface area contributed by atoms with E-state index < -0.39 is 0 Å². The average Bonchev–Trinajstić information content (AvgIpc) is 2.95. The molecule has 134 valence electrons. The first-order chi connectivity index (χ1) is 12.6. The van der Waals surface area contributed by atoms with E-state index in [1.54, 1.807) is 6.20 Å². The van der Waals surface area contributed by atoms with Gasteiger partial charge in [-0.1, -0.05) is 25.1 Å². The minimum atomic E-state index is -0.237. The molecule has 0 radical (unpaired) electrons. The number of hydrogen-bond donors (Lipinski definition) is 2. The van der Waals surface area contributed by atoms with Crippen LogP contribution < -0.4 is 15.5 Å². The maximum absolute atomic E-state index is 14.6. The summed E-state index contributed by atoms with van der Waals surface area (Å²) in [5.41, 5.74) is 3.48. The first-order valence-electron chi connectivity index (χ1n) is 9.04. The molecule has 5 heteroatoms. The van der Waals surface area contributed by atoms with E-state index in [0.29, 0.717) is 22.9 Å². The molecular weight excluding hydrogens is 329 g/mol. The van der Waals surface area contributed by atoms with Crippen LogP contribution in [0.25, 0.3) is 5.57 Å². The molecule has 0 saturated carbocycles. The van der Waals surface area contributed by atoms with Gasteiger partial charge in [0.1, 0.15) is 5.82 Å². The number of hydrogen-bond acceptors (Lipinski definition) is 3. The number of anilines is 3. The normalized spacial score (nSPS) is 20.8. The van der Waals surface area contributed by atoms with Crippen LogP contribution in [0.5, 0.6) is 0 Å². The maximum Gasteiger partial charge on any atom is 0.257 e. The lowest BCUT2D eigenvalue weighted by Crippen LogP contribution is -2.34. The minimum Gasteiger partial charge on any atom is -0.369 e. The second kappa shape index (κ2) is 6.83. The first-order valence-corrected chi connectivity index (χ1v) is 9.04. The van der Waals surface area contributed by atoms with E-state index >= 15 is 0 Å². The summed E-state index contributed by atoms with van der Waals surface area (Å²) in [4.78, 5) is 14.2. The SMILES string of the molecule is CC1CCCN(c2ccc(NC=C3C(=O)Nc4ccccc43)cc2F)C1. The molecule has 1 atom stereocenters. The zero-order valence-corrected chi connectivity index (χ0v) is 14.8. The summed E-state index contributed by atoms with van der Waals surface area (Å²) >= 11 is 0. The van der Waals surface area contributed by atoms with Gasteiger partial charge < -0.3 is 15.5 Å². The van der Waals surface area contributed by atoms with Crippen LogP contribution in [0, 0.1) is 11.7 Å². The summed E-state index contributed by atoms with van der Waals surface area (Å²) in [5, 5.41) is 5.88. The molecule has 2 aromatic rings. The lowest BCUT2D eigenvalue weighted by Gasteiger charge is -2.33. The molecule has 0 aliphatic carbocycles. The predicted octanol–water partition coefficient (Wildman–Crippen LogP) is 4.47. The van der Waals surface area contributed by atoms with Crippen LogP contribution in [0.2, 0.25) is 0 Å². The Bertz CT molecular complexity index is 877. The fraction of sp³-hybridized carbons (Fsp3) is 0.286. The van der Waals surface area contributed by atoms with Crippen LogP contribution in [0.4, 0.5) is 21.5 Å². The number of halogens is 1. The summed E-state index contributed by atoms with van der Waals surface area (Å²) in [6.45, 7) is 4.00. The van der Waals surface area contributed by atoms with E-state index in [-0.39, 0.29) is 11.7 Å². The Kier molecular flexibility index (Phi) is 4.37. The van der Waals surface area contributed by atoms with Gasteiger partial charge in [0.05, 0.1) is 11.3 Å². The minimum absolute atomic E-state index is 0.155. The molecule has 0 spiro atoms. The van der Waals surface area contributed by atoms with Gasteiger partial charge in [-0.25, -0.2) is 4.39 Å². The smallest absolute Gasteiger partial charge is 0.257 e. The topological polar surface area (TPSA) is 44.4 Å². The van der Waals surface area contributed by atoms with Crippen molar-refractivity contribution in [2.45, 2.75) is 19.8 Å². The van der Waals surface area contributed by atoms with Gasteiger partial charge in [-0.05, 0) is 43.0 Å². The molecule has 2 N–H and O–H groups in total. The third-order valence-corrected chi connectivity index (χ3v) is 5.04. The highest BCUT2D eigenvalue weighted by Crippen LogP contribution is 2.32. The molecule has 2 aliphatic rings. The highest BCUT2D eigenvalue weighted by atomic mass is 19.1. The van der Waals surface area contributed by atoms with Gasteiger partial charge in [0, 0.05) is 36.2 Å². The third-order valence-electron chi connectivity index (χ3n) is 5.04. The van der Waals surface area contributed by atoms with Crippen molar-refractivity contribution in [3.05, 3.63) is 60.0 Å². The number of para-hydroxylation sites is 1. The zero-order chi connectivity index (χ0) is 18.1. The van der Waals surface area contributed by atoms with Crippen molar-refractivity contribution >= 4 is 28.5 Å². The fourth-order valence-electron chi connectivity index (χ4n) is 3.70. The van der Waals surface area contributed by atoms with Crippen molar-refractivity contribution in [1.29, 1.82) is 0 Å². The number of nitrogens with zero attached hydrogens (tertiary/aromatic N) is 1. The number of rotatable bonds is 3. The van der Waals surface area contributed by atoms with Crippen molar-refractivity contribution in [2.75, 3.05) is 28.6 Å². The maximum atomic E-state index is 14.6. The van der Waals surface area contributed by atoms with E-state index in [1.807, 2.05) is 36.4 Å². The monoisotopic (exact) mass is 351 g/mol. The zero-order valence-electron chi connectivity index (χ0n) is 14.8. The Hall–Kier alpha value is -2.82.